The third kappa shape index (κ3) is 5.17. The van der Waals surface area contributed by atoms with E-state index >= 15 is 0 Å². The van der Waals surface area contributed by atoms with E-state index < -0.39 is 0 Å². The molecule has 0 fully saturated rings. The number of nitrogens with one attached hydrogen (secondary N) is 2. The van der Waals surface area contributed by atoms with E-state index in [0.29, 0.717) is 5.56 Å². The van der Waals surface area contributed by atoms with Crippen molar-refractivity contribution in [3.63, 3.8) is 0 Å². The number of anilines is 1. The van der Waals surface area contributed by atoms with E-state index in [2.05, 4.69) is 20.5 Å². The number of carbonyl (C=O) groups is 1. The van der Waals surface area contributed by atoms with E-state index in [4.69, 9.17) is 0 Å². The van der Waals surface area contributed by atoms with Crippen molar-refractivity contribution in [1.82, 2.24) is 15.2 Å². The van der Waals surface area contributed by atoms with Crippen molar-refractivity contribution in [1.29, 1.82) is 0 Å². The van der Waals surface area contributed by atoms with Gasteiger partial charge in [0.2, 0.25) is 0 Å². The van der Waals surface area contributed by atoms with Gasteiger partial charge in [0.05, 0.1) is 11.3 Å². The van der Waals surface area contributed by atoms with E-state index in [-0.39, 0.29) is 11.9 Å². The van der Waals surface area contributed by atoms with Gasteiger partial charge in [0, 0.05) is 24.5 Å². The number of rotatable bonds is 7. The molecule has 1 aromatic heterocycles. The fourth-order valence-electron chi connectivity index (χ4n) is 1.90. The molecule has 20 heavy (non-hydrogen) atoms. The lowest BCUT2D eigenvalue weighted by atomic mass is 10.1. The van der Waals surface area contributed by atoms with Crippen molar-refractivity contribution >= 4 is 11.6 Å². The van der Waals surface area contributed by atoms with Crippen LogP contribution in [0.3, 0.4) is 0 Å². The number of amides is 1. The summed E-state index contributed by atoms with van der Waals surface area (Å²) < 4.78 is 0. The smallest absolute Gasteiger partial charge is 0.255 e. The molecule has 1 unspecified atom stereocenters. The standard InChI is InChI=1S/C15H26N4O/c1-6-16-14-9-12(3)17-10-13(14)15(20)18-11(2)7-8-19(4)5/h9-11H,6-8H2,1-5H3,(H,16,17)(H,18,20). The van der Waals surface area contributed by atoms with Crippen molar-refractivity contribution in [3.8, 4) is 0 Å². The fraction of sp³-hybridized carbons (Fsp3) is 0.600. The lowest BCUT2D eigenvalue weighted by Gasteiger charge is -2.18. The van der Waals surface area contributed by atoms with Crippen LogP contribution in [-0.4, -0.2) is 49.0 Å². The Morgan fingerprint density at radius 2 is 2.15 bits per heavy atom. The summed E-state index contributed by atoms with van der Waals surface area (Å²) in [5, 5.41) is 6.24. The van der Waals surface area contributed by atoms with Gasteiger partial charge in [0.15, 0.2) is 0 Å². The average Bonchev–Trinajstić information content (AvgIpc) is 2.36. The SMILES string of the molecule is CCNc1cc(C)ncc1C(=O)NC(C)CCN(C)C. The van der Waals surface area contributed by atoms with Crippen LogP contribution in [0.2, 0.25) is 0 Å². The third-order valence-electron chi connectivity index (χ3n) is 3.04. The van der Waals surface area contributed by atoms with Crippen LogP contribution in [-0.2, 0) is 0 Å². The molecule has 0 aliphatic carbocycles. The van der Waals surface area contributed by atoms with Gasteiger partial charge in [-0.1, -0.05) is 0 Å². The van der Waals surface area contributed by atoms with Crippen molar-refractivity contribution < 1.29 is 4.79 Å². The Labute approximate surface area is 121 Å². The molecular weight excluding hydrogens is 252 g/mol. The molecule has 1 rings (SSSR count). The molecule has 0 bridgehead atoms. The molecule has 0 aromatic carbocycles. The number of pyridine rings is 1. The molecule has 0 radical (unpaired) electrons. The number of aryl methyl sites for hydroxylation is 1. The lowest BCUT2D eigenvalue weighted by molar-refractivity contribution is 0.0937. The van der Waals surface area contributed by atoms with E-state index in [0.717, 1.165) is 30.9 Å². The molecule has 0 aliphatic rings. The van der Waals surface area contributed by atoms with Crippen molar-refractivity contribution in [2.75, 3.05) is 32.5 Å². The monoisotopic (exact) mass is 278 g/mol. The minimum atomic E-state index is -0.0697. The zero-order valence-corrected chi connectivity index (χ0v) is 13.2. The lowest BCUT2D eigenvalue weighted by Crippen LogP contribution is -2.35. The zero-order valence-electron chi connectivity index (χ0n) is 13.2. The Bertz CT molecular complexity index is 445. The maximum Gasteiger partial charge on any atom is 0.255 e. The summed E-state index contributed by atoms with van der Waals surface area (Å²) in [5.41, 5.74) is 2.35. The molecule has 5 heteroatoms. The van der Waals surface area contributed by atoms with E-state index in [9.17, 15) is 4.79 Å². The molecule has 2 N–H and O–H groups in total. The maximum absolute atomic E-state index is 12.3. The topological polar surface area (TPSA) is 57.3 Å². The molecule has 0 saturated heterocycles. The van der Waals surface area contributed by atoms with E-state index in [1.165, 1.54) is 0 Å². The van der Waals surface area contributed by atoms with Crippen LogP contribution in [0.4, 0.5) is 5.69 Å². The van der Waals surface area contributed by atoms with Crippen LogP contribution in [0.1, 0.15) is 36.3 Å². The minimum absolute atomic E-state index is 0.0697. The normalized spacial score (nSPS) is 12.3. The molecule has 0 aliphatic heterocycles. The van der Waals surface area contributed by atoms with Gasteiger partial charge in [-0.3, -0.25) is 9.78 Å². The van der Waals surface area contributed by atoms with E-state index in [1.54, 1.807) is 6.20 Å². The predicted octanol–water partition coefficient (Wildman–Crippen LogP) is 1.89. The first-order valence-corrected chi connectivity index (χ1v) is 7.10. The molecule has 112 valence electrons. The summed E-state index contributed by atoms with van der Waals surface area (Å²) >= 11 is 0. The maximum atomic E-state index is 12.3. The number of hydrogen-bond donors (Lipinski definition) is 2. The van der Waals surface area contributed by atoms with Crippen molar-refractivity contribution in [3.05, 3.63) is 23.5 Å². The Morgan fingerprint density at radius 1 is 1.45 bits per heavy atom. The molecule has 0 saturated carbocycles. The van der Waals surface area contributed by atoms with Crippen LogP contribution < -0.4 is 10.6 Å². The Balaban J connectivity index is 2.71. The predicted molar refractivity (Wildman–Crippen MR) is 83.2 cm³/mol. The van der Waals surface area contributed by atoms with Gasteiger partial charge in [0.1, 0.15) is 0 Å². The highest BCUT2D eigenvalue weighted by Gasteiger charge is 2.14. The summed E-state index contributed by atoms with van der Waals surface area (Å²) in [7, 11) is 4.06. The van der Waals surface area contributed by atoms with Crippen molar-refractivity contribution in [2.24, 2.45) is 0 Å². The van der Waals surface area contributed by atoms with Crippen LogP contribution >= 0.6 is 0 Å². The van der Waals surface area contributed by atoms with Crippen LogP contribution in [0.5, 0.6) is 0 Å². The fourth-order valence-corrected chi connectivity index (χ4v) is 1.90. The molecule has 1 aromatic rings. The van der Waals surface area contributed by atoms with Gasteiger partial charge in [-0.05, 0) is 53.9 Å². The summed E-state index contributed by atoms with van der Waals surface area (Å²) in [6.07, 6.45) is 2.57. The molecular formula is C15H26N4O. The zero-order chi connectivity index (χ0) is 15.1. The number of carbonyl (C=O) groups excluding carboxylic acids is 1. The largest absolute Gasteiger partial charge is 0.385 e. The van der Waals surface area contributed by atoms with Gasteiger partial charge >= 0.3 is 0 Å². The average molecular weight is 278 g/mol. The highest BCUT2D eigenvalue weighted by Crippen LogP contribution is 2.15. The molecule has 5 nitrogen and oxygen atoms in total. The number of nitrogens with zero attached hydrogens (tertiary/aromatic N) is 2. The van der Waals surface area contributed by atoms with E-state index in [1.807, 2.05) is 40.9 Å². The number of hydrogen-bond acceptors (Lipinski definition) is 4. The first kappa shape index (κ1) is 16.4. The quantitative estimate of drug-likeness (QED) is 0.800. The Kier molecular flexibility index (Phi) is 6.45. The highest BCUT2D eigenvalue weighted by atomic mass is 16.1. The summed E-state index contributed by atoms with van der Waals surface area (Å²) in [6.45, 7) is 7.68. The first-order chi connectivity index (χ1) is 9.43. The third-order valence-corrected chi connectivity index (χ3v) is 3.04. The van der Waals surface area contributed by atoms with Gasteiger partial charge in [-0.25, -0.2) is 0 Å². The van der Waals surface area contributed by atoms with Gasteiger partial charge in [-0.15, -0.1) is 0 Å². The summed E-state index contributed by atoms with van der Waals surface area (Å²) in [6, 6.07) is 2.05. The van der Waals surface area contributed by atoms with Gasteiger partial charge in [-0.2, -0.15) is 0 Å². The summed E-state index contributed by atoms with van der Waals surface area (Å²) in [5.74, 6) is -0.0697. The second-order valence-electron chi connectivity index (χ2n) is 5.37. The Morgan fingerprint density at radius 3 is 2.75 bits per heavy atom. The first-order valence-electron chi connectivity index (χ1n) is 7.10. The van der Waals surface area contributed by atoms with Crippen molar-refractivity contribution in [2.45, 2.75) is 33.2 Å². The molecule has 1 heterocycles. The molecule has 0 spiro atoms. The molecule has 1 amide bonds. The summed E-state index contributed by atoms with van der Waals surface area (Å²) in [4.78, 5) is 18.6. The van der Waals surface area contributed by atoms with Gasteiger partial charge < -0.3 is 15.5 Å². The molecule has 1 atom stereocenters. The second-order valence-corrected chi connectivity index (χ2v) is 5.37. The van der Waals surface area contributed by atoms with Crippen LogP contribution in [0, 0.1) is 6.92 Å². The van der Waals surface area contributed by atoms with Crippen LogP contribution in [0.15, 0.2) is 12.3 Å². The van der Waals surface area contributed by atoms with Crippen LogP contribution in [0.25, 0.3) is 0 Å². The number of aromatic nitrogens is 1. The minimum Gasteiger partial charge on any atom is -0.385 e. The Hall–Kier alpha value is -1.62. The second kappa shape index (κ2) is 7.85. The highest BCUT2D eigenvalue weighted by molar-refractivity contribution is 5.99. The van der Waals surface area contributed by atoms with Gasteiger partial charge in [0.25, 0.3) is 5.91 Å².